The highest BCUT2D eigenvalue weighted by molar-refractivity contribution is 5.67. The van der Waals surface area contributed by atoms with Crippen LogP contribution in [0.3, 0.4) is 0 Å². The fraction of sp³-hybridized carbons (Fsp3) is 0.529. The van der Waals surface area contributed by atoms with Crippen LogP contribution in [0.1, 0.15) is 24.8 Å². The lowest BCUT2D eigenvalue weighted by atomic mass is 9.85. The molecular weight excluding hydrogens is 312 g/mol. The fourth-order valence-electron chi connectivity index (χ4n) is 2.96. The van der Waals surface area contributed by atoms with Crippen molar-refractivity contribution in [3.8, 4) is 0 Å². The van der Waals surface area contributed by atoms with E-state index in [1.54, 1.807) is 14.2 Å². The van der Waals surface area contributed by atoms with Gasteiger partial charge in [-0.3, -0.25) is 4.79 Å². The number of carbonyl (C=O) groups excluding carboxylic acids is 2. The third-order valence-corrected chi connectivity index (χ3v) is 4.39. The van der Waals surface area contributed by atoms with Crippen LogP contribution in [0.25, 0.3) is 0 Å². The Hall–Kier alpha value is -2.12. The maximum atomic E-state index is 12.0. The number of ether oxygens (including phenoxy) is 3. The Labute approximate surface area is 141 Å². The van der Waals surface area contributed by atoms with Gasteiger partial charge in [0.05, 0.1) is 12.1 Å². The average Bonchev–Trinajstić information content (AvgIpc) is 2.63. The van der Waals surface area contributed by atoms with Crippen LogP contribution in [-0.4, -0.2) is 44.6 Å². The molecule has 2 amide bonds. The smallest absolute Gasteiger partial charge is 0.407 e. The molecule has 1 aliphatic carbocycles. The standard InChI is InChI=1S/C17H24N2O5/c1-22-17(23-2)9-8-14(15(10-17)18-12-20)19-16(21)24-11-13-6-4-3-5-7-13/h3-7,12,14-15H,8-11H2,1-2H3,(H,18,20)(H,19,21)/t14-,15+/m0/s1. The maximum absolute atomic E-state index is 12.0. The van der Waals surface area contributed by atoms with Crippen molar-refractivity contribution in [3.05, 3.63) is 35.9 Å². The number of methoxy groups -OCH3 is 2. The molecule has 1 fully saturated rings. The Kier molecular flexibility index (Phi) is 6.57. The molecule has 1 aliphatic rings. The van der Waals surface area contributed by atoms with Gasteiger partial charge >= 0.3 is 6.09 Å². The first-order chi connectivity index (χ1) is 11.6. The van der Waals surface area contributed by atoms with Gasteiger partial charge in [0, 0.05) is 27.1 Å². The summed E-state index contributed by atoms with van der Waals surface area (Å²) < 4.78 is 16.1. The summed E-state index contributed by atoms with van der Waals surface area (Å²) in [6.07, 6.45) is 1.77. The van der Waals surface area contributed by atoms with E-state index in [1.807, 2.05) is 30.3 Å². The number of nitrogens with one attached hydrogen (secondary N) is 2. The minimum absolute atomic E-state index is 0.200. The van der Waals surface area contributed by atoms with Gasteiger partial charge in [0.25, 0.3) is 0 Å². The molecule has 7 nitrogen and oxygen atoms in total. The summed E-state index contributed by atoms with van der Waals surface area (Å²) in [5, 5.41) is 5.54. The number of amides is 2. The van der Waals surface area contributed by atoms with Crippen LogP contribution >= 0.6 is 0 Å². The Morgan fingerprint density at radius 1 is 1.25 bits per heavy atom. The van der Waals surface area contributed by atoms with Crippen molar-refractivity contribution in [1.82, 2.24) is 10.6 Å². The highest BCUT2D eigenvalue weighted by Gasteiger charge is 2.42. The molecule has 0 aliphatic heterocycles. The van der Waals surface area contributed by atoms with Gasteiger partial charge in [-0.05, 0) is 12.0 Å². The summed E-state index contributed by atoms with van der Waals surface area (Å²) in [6, 6.07) is 8.91. The Bertz CT molecular complexity index is 533. The lowest BCUT2D eigenvalue weighted by Crippen LogP contribution is -2.58. The van der Waals surface area contributed by atoms with E-state index in [0.717, 1.165) is 5.56 Å². The van der Waals surface area contributed by atoms with E-state index >= 15 is 0 Å². The molecule has 1 aromatic carbocycles. The zero-order chi connectivity index (χ0) is 17.4. The van der Waals surface area contributed by atoms with Gasteiger partial charge in [0.2, 0.25) is 6.41 Å². The number of alkyl carbamates (subject to hydrolysis) is 1. The van der Waals surface area contributed by atoms with E-state index in [9.17, 15) is 9.59 Å². The summed E-state index contributed by atoms with van der Waals surface area (Å²) in [4.78, 5) is 22.9. The van der Waals surface area contributed by atoms with Crippen molar-refractivity contribution < 1.29 is 23.8 Å². The zero-order valence-corrected chi connectivity index (χ0v) is 14.0. The largest absolute Gasteiger partial charge is 0.445 e. The number of hydrogen-bond acceptors (Lipinski definition) is 5. The third-order valence-electron chi connectivity index (χ3n) is 4.39. The molecule has 2 rings (SSSR count). The van der Waals surface area contributed by atoms with Gasteiger partial charge in [-0.15, -0.1) is 0 Å². The molecular formula is C17H24N2O5. The molecule has 7 heteroatoms. The van der Waals surface area contributed by atoms with E-state index in [2.05, 4.69) is 10.6 Å². The second-order valence-electron chi connectivity index (χ2n) is 5.77. The lowest BCUT2D eigenvalue weighted by Gasteiger charge is -2.42. The van der Waals surface area contributed by atoms with Gasteiger partial charge in [-0.2, -0.15) is 0 Å². The van der Waals surface area contributed by atoms with E-state index in [-0.39, 0.29) is 18.7 Å². The minimum Gasteiger partial charge on any atom is -0.445 e. The number of benzene rings is 1. The average molecular weight is 336 g/mol. The highest BCUT2D eigenvalue weighted by atomic mass is 16.7. The molecule has 2 N–H and O–H groups in total. The predicted molar refractivity (Wildman–Crippen MR) is 87.1 cm³/mol. The monoisotopic (exact) mass is 336 g/mol. The molecule has 0 heterocycles. The van der Waals surface area contributed by atoms with Gasteiger partial charge in [0.15, 0.2) is 5.79 Å². The summed E-state index contributed by atoms with van der Waals surface area (Å²) in [5.41, 5.74) is 0.914. The highest BCUT2D eigenvalue weighted by Crippen LogP contribution is 2.32. The van der Waals surface area contributed by atoms with Crippen LogP contribution in [0, 0.1) is 0 Å². The quantitative estimate of drug-likeness (QED) is 0.583. The van der Waals surface area contributed by atoms with Crippen LogP contribution in [0.4, 0.5) is 4.79 Å². The van der Waals surface area contributed by atoms with Crippen molar-refractivity contribution >= 4 is 12.5 Å². The molecule has 24 heavy (non-hydrogen) atoms. The van der Waals surface area contributed by atoms with Crippen LogP contribution in [0.2, 0.25) is 0 Å². The number of carbonyl (C=O) groups is 2. The molecule has 2 atom stereocenters. The van der Waals surface area contributed by atoms with Crippen molar-refractivity contribution in [2.75, 3.05) is 14.2 Å². The first-order valence-electron chi connectivity index (χ1n) is 7.89. The van der Waals surface area contributed by atoms with Gasteiger partial charge < -0.3 is 24.8 Å². The summed E-state index contributed by atoms with van der Waals surface area (Å²) in [5.74, 6) is -0.743. The molecule has 1 saturated carbocycles. The Balaban J connectivity index is 1.90. The molecule has 132 valence electrons. The van der Waals surface area contributed by atoms with Crippen molar-refractivity contribution in [1.29, 1.82) is 0 Å². The molecule has 0 radical (unpaired) electrons. The minimum atomic E-state index is -0.743. The second kappa shape index (κ2) is 8.65. The van der Waals surface area contributed by atoms with Gasteiger partial charge in [-0.25, -0.2) is 4.79 Å². The molecule has 0 unspecified atom stereocenters. The fourth-order valence-corrected chi connectivity index (χ4v) is 2.96. The van der Waals surface area contributed by atoms with Crippen LogP contribution in [0.15, 0.2) is 30.3 Å². The van der Waals surface area contributed by atoms with E-state index in [1.165, 1.54) is 0 Å². The molecule has 0 saturated heterocycles. The second-order valence-corrected chi connectivity index (χ2v) is 5.77. The van der Waals surface area contributed by atoms with Crippen molar-refractivity contribution in [3.63, 3.8) is 0 Å². The van der Waals surface area contributed by atoms with Crippen LogP contribution in [0.5, 0.6) is 0 Å². The van der Waals surface area contributed by atoms with E-state index in [4.69, 9.17) is 14.2 Å². The molecule has 0 bridgehead atoms. The molecule has 1 aromatic rings. The van der Waals surface area contributed by atoms with Crippen LogP contribution in [-0.2, 0) is 25.6 Å². The summed E-state index contributed by atoms with van der Waals surface area (Å²) >= 11 is 0. The first-order valence-corrected chi connectivity index (χ1v) is 7.89. The van der Waals surface area contributed by atoms with Gasteiger partial charge in [0.1, 0.15) is 6.61 Å². The van der Waals surface area contributed by atoms with E-state index in [0.29, 0.717) is 25.7 Å². The Morgan fingerprint density at radius 3 is 2.58 bits per heavy atom. The number of hydrogen-bond donors (Lipinski definition) is 2. The summed E-state index contributed by atoms with van der Waals surface area (Å²) in [6.45, 7) is 0.200. The Morgan fingerprint density at radius 2 is 1.96 bits per heavy atom. The SMILES string of the molecule is COC1(OC)CC[C@H](NC(=O)OCc2ccccc2)[C@H](NC=O)C1. The van der Waals surface area contributed by atoms with E-state index < -0.39 is 11.9 Å². The van der Waals surface area contributed by atoms with Crippen LogP contribution < -0.4 is 10.6 Å². The van der Waals surface area contributed by atoms with Crippen molar-refractivity contribution in [2.45, 2.75) is 43.7 Å². The molecule has 0 aromatic heterocycles. The lowest BCUT2D eigenvalue weighted by molar-refractivity contribution is -0.229. The number of rotatable bonds is 7. The zero-order valence-electron chi connectivity index (χ0n) is 14.0. The topological polar surface area (TPSA) is 85.9 Å². The molecule has 0 spiro atoms. The third kappa shape index (κ3) is 4.69. The van der Waals surface area contributed by atoms with Crippen molar-refractivity contribution in [2.24, 2.45) is 0 Å². The first kappa shape index (κ1) is 18.2. The predicted octanol–water partition coefficient (Wildman–Crippen LogP) is 1.57. The summed E-state index contributed by atoms with van der Waals surface area (Å²) in [7, 11) is 3.15. The van der Waals surface area contributed by atoms with Gasteiger partial charge in [-0.1, -0.05) is 30.3 Å². The normalized spacial score (nSPS) is 22.4. The maximum Gasteiger partial charge on any atom is 0.407 e.